The number of aromatic nitrogens is 4. The number of nitrogens with zero attached hydrogens (tertiary/aromatic N) is 4. The number of aliphatic hydroxyl groups excluding tert-OH is 2. The normalized spacial score (nSPS) is 28.0. The fraction of sp³-hybridized carbons (Fsp3) is 0.429. The molecule has 41 heavy (non-hydrogen) atoms. The minimum Gasteiger partial charge on any atom is -0.390 e. The number of hydrogen-bond acceptors (Lipinski definition) is 10. The van der Waals surface area contributed by atoms with E-state index in [0.29, 0.717) is 34.1 Å². The fourth-order valence-electron chi connectivity index (χ4n) is 6.00. The van der Waals surface area contributed by atoms with Crippen molar-refractivity contribution in [3.63, 3.8) is 0 Å². The molecule has 1 unspecified atom stereocenters. The highest BCUT2D eigenvalue weighted by Gasteiger charge is 2.74. The second-order valence-electron chi connectivity index (χ2n) is 11.2. The van der Waals surface area contributed by atoms with E-state index < -0.39 is 41.5 Å². The Morgan fingerprint density at radius 3 is 2.44 bits per heavy atom. The topological polar surface area (TPSA) is 136 Å². The zero-order valence-corrected chi connectivity index (χ0v) is 22.6. The van der Waals surface area contributed by atoms with E-state index in [-0.39, 0.29) is 17.9 Å². The van der Waals surface area contributed by atoms with Crippen LogP contribution in [0.25, 0.3) is 20.8 Å². The Labute approximate surface area is 236 Å². The van der Waals surface area contributed by atoms with Crippen LogP contribution in [0.15, 0.2) is 42.7 Å². The van der Waals surface area contributed by atoms with Crippen LogP contribution >= 0.6 is 11.3 Å². The molecule has 6 atom stereocenters. The molecule has 13 heteroatoms. The Bertz CT molecular complexity index is 1600. The SMILES string of the molecule is Cc1nc(N[C@@H](c2ccc(C(F)(F)F)cc2)C2CC2)nc(N[C@@H]2C[C@@H]3C(O)[C@]3(O)[C@H]2O)c1-c1nc2cnccc2s1. The number of fused-ring (bicyclic) bond motifs is 2. The van der Waals surface area contributed by atoms with Gasteiger partial charge >= 0.3 is 6.18 Å². The van der Waals surface area contributed by atoms with Gasteiger partial charge in [0.25, 0.3) is 0 Å². The van der Waals surface area contributed by atoms with Gasteiger partial charge in [-0.2, -0.15) is 18.2 Å². The summed E-state index contributed by atoms with van der Waals surface area (Å²) in [5.74, 6) is 0.483. The van der Waals surface area contributed by atoms with Gasteiger partial charge in [0.15, 0.2) is 0 Å². The first-order valence-corrected chi connectivity index (χ1v) is 14.2. The quantitative estimate of drug-likeness (QED) is 0.215. The third-order valence-corrected chi connectivity index (χ3v) is 9.55. The number of thiazole rings is 1. The summed E-state index contributed by atoms with van der Waals surface area (Å²) in [6.07, 6.45) is -1.01. The van der Waals surface area contributed by atoms with Gasteiger partial charge in [-0.15, -0.1) is 11.3 Å². The highest BCUT2D eigenvalue weighted by atomic mass is 32.1. The van der Waals surface area contributed by atoms with Crippen LogP contribution in [0.4, 0.5) is 24.9 Å². The molecule has 1 aromatic carbocycles. The van der Waals surface area contributed by atoms with Gasteiger partial charge in [0.1, 0.15) is 28.0 Å². The van der Waals surface area contributed by atoms with Crippen molar-refractivity contribution < 1.29 is 28.5 Å². The van der Waals surface area contributed by atoms with Crippen molar-refractivity contribution in [1.29, 1.82) is 0 Å². The van der Waals surface area contributed by atoms with Crippen LogP contribution in [0.3, 0.4) is 0 Å². The first-order valence-electron chi connectivity index (χ1n) is 13.4. The molecule has 214 valence electrons. The van der Waals surface area contributed by atoms with Crippen molar-refractivity contribution in [2.24, 2.45) is 11.8 Å². The summed E-state index contributed by atoms with van der Waals surface area (Å²) in [7, 11) is 0. The maximum absolute atomic E-state index is 13.1. The molecule has 7 rings (SSSR count). The van der Waals surface area contributed by atoms with Crippen molar-refractivity contribution in [1.82, 2.24) is 19.9 Å². The van der Waals surface area contributed by atoms with Gasteiger partial charge in [-0.25, -0.2) is 9.97 Å². The molecule has 0 spiro atoms. The van der Waals surface area contributed by atoms with E-state index in [1.807, 2.05) is 13.0 Å². The number of aryl methyl sites for hydroxylation is 1. The fourth-order valence-corrected chi connectivity index (χ4v) is 7.03. The molecule has 3 heterocycles. The third-order valence-electron chi connectivity index (χ3n) is 8.49. The van der Waals surface area contributed by atoms with Crippen LogP contribution in [0, 0.1) is 18.8 Å². The highest BCUT2D eigenvalue weighted by Crippen LogP contribution is 2.56. The molecule has 3 fully saturated rings. The Hall–Kier alpha value is -3.39. The van der Waals surface area contributed by atoms with Crippen LogP contribution in [-0.2, 0) is 6.18 Å². The molecule has 0 amide bonds. The van der Waals surface area contributed by atoms with E-state index in [0.717, 1.165) is 35.2 Å². The van der Waals surface area contributed by atoms with Crippen molar-refractivity contribution in [2.75, 3.05) is 10.6 Å². The Morgan fingerprint density at radius 1 is 1.05 bits per heavy atom. The minimum absolute atomic E-state index is 0.225. The predicted molar refractivity (Wildman–Crippen MR) is 146 cm³/mol. The number of halogens is 3. The highest BCUT2D eigenvalue weighted by molar-refractivity contribution is 7.21. The minimum atomic E-state index is -4.41. The van der Waals surface area contributed by atoms with Gasteiger partial charge in [0, 0.05) is 12.1 Å². The lowest BCUT2D eigenvalue weighted by molar-refractivity contribution is -0.137. The van der Waals surface area contributed by atoms with Gasteiger partial charge < -0.3 is 26.0 Å². The lowest BCUT2D eigenvalue weighted by Crippen LogP contribution is -2.42. The Morgan fingerprint density at radius 2 is 1.80 bits per heavy atom. The molecule has 5 N–H and O–H groups in total. The number of aliphatic hydroxyl groups is 3. The summed E-state index contributed by atoms with van der Waals surface area (Å²) in [5, 5.41) is 38.8. The molecule has 4 aromatic rings. The maximum atomic E-state index is 13.1. The van der Waals surface area contributed by atoms with Gasteiger partial charge in [-0.05, 0) is 55.9 Å². The number of nitrogens with one attached hydrogen (secondary N) is 2. The standard InChI is InChI=1S/C28H27F3N6O3S/c1-12-20(25-35-18-11-32-9-8-19(18)41-25)24(34-17-10-16-22(38)27(16,40)23(17)39)37-26(33-12)36-21(13-2-3-13)14-4-6-15(7-5-14)28(29,30)31/h4-9,11,13,16-17,21-23,38-40H,2-3,10H2,1H3,(H2,33,34,36,37)/t16-,17-,21-,22?,23+,27+/m1/s1. The maximum Gasteiger partial charge on any atom is 0.416 e. The summed E-state index contributed by atoms with van der Waals surface area (Å²) in [5.41, 5.74) is 0.425. The number of pyridine rings is 1. The summed E-state index contributed by atoms with van der Waals surface area (Å²) in [6.45, 7) is 1.82. The lowest BCUT2D eigenvalue weighted by atomic mass is 10.0. The molecule has 0 aliphatic heterocycles. The Kier molecular flexibility index (Phi) is 6.02. The van der Waals surface area contributed by atoms with Crippen LogP contribution < -0.4 is 10.6 Å². The monoisotopic (exact) mass is 584 g/mol. The van der Waals surface area contributed by atoms with Crippen LogP contribution in [-0.4, -0.2) is 59.1 Å². The van der Waals surface area contributed by atoms with Crippen molar-refractivity contribution in [3.8, 4) is 10.6 Å². The molecular formula is C28H27F3N6O3S. The van der Waals surface area contributed by atoms with E-state index in [1.165, 1.54) is 23.5 Å². The number of hydrogen-bond donors (Lipinski definition) is 5. The van der Waals surface area contributed by atoms with E-state index in [2.05, 4.69) is 15.6 Å². The molecule has 0 radical (unpaired) electrons. The molecule has 3 aromatic heterocycles. The van der Waals surface area contributed by atoms with Crippen LogP contribution in [0.5, 0.6) is 0 Å². The first kappa shape index (κ1) is 26.5. The predicted octanol–water partition coefficient (Wildman–Crippen LogP) is 4.31. The second kappa shape index (κ2) is 9.31. The van der Waals surface area contributed by atoms with Gasteiger partial charge in [-0.3, -0.25) is 4.98 Å². The average Bonchev–Trinajstić information content (AvgIpc) is 3.78. The average molecular weight is 585 g/mol. The molecular weight excluding hydrogens is 557 g/mol. The van der Waals surface area contributed by atoms with E-state index in [1.54, 1.807) is 12.4 Å². The van der Waals surface area contributed by atoms with Crippen LogP contribution in [0.1, 0.15) is 42.1 Å². The first-order chi connectivity index (χ1) is 19.5. The lowest BCUT2D eigenvalue weighted by Gasteiger charge is -2.26. The Balaban J connectivity index is 1.25. The summed E-state index contributed by atoms with van der Waals surface area (Å²) in [6, 6.07) is 6.16. The third kappa shape index (κ3) is 4.51. The number of anilines is 2. The summed E-state index contributed by atoms with van der Waals surface area (Å²) >= 11 is 1.45. The van der Waals surface area contributed by atoms with Crippen molar-refractivity contribution in [2.45, 2.75) is 62.3 Å². The smallest absolute Gasteiger partial charge is 0.390 e. The zero-order valence-electron chi connectivity index (χ0n) is 21.8. The number of alkyl halides is 3. The molecule has 9 nitrogen and oxygen atoms in total. The number of rotatable bonds is 7. The molecule has 0 bridgehead atoms. The van der Waals surface area contributed by atoms with Gasteiger partial charge in [0.2, 0.25) is 5.95 Å². The van der Waals surface area contributed by atoms with Gasteiger partial charge in [0.05, 0.1) is 45.9 Å². The molecule has 0 saturated heterocycles. The van der Waals surface area contributed by atoms with Gasteiger partial charge in [-0.1, -0.05) is 12.1 Å². The summed E-state index contributed by atoms with van der Waals surface area (Å²) in [4.78, 5) is 18.4. The van der Waals surface area contributed by atoms with Crippen LogP contribution in [0.2, 0.25) is 0 Å². The molecule has 3 saturated carbocycles. The molecule has 3 aliphatic carbocycles. The van der Waals surface area contributed by atoms with Crippen molar-refractivity contribution in [3.05, 3.63) is 59.5 Å². The zero-order chi connectivity index (χ0) is 28.7. The number of benzene rings is 1. The van der Waals surface area contributed by atoms with E-state index in [9.17, 15) is 28.5 Å². The van der Waals surface area contributed by atoms with E-state index in [4.69, 9.17) is 15.0 Å². The summed E-state index contributed by atoms with van der Waals surface area (Å²) < 4.78 is 40.4. The second-order valence-corrected chi connectivity index (χ2v) is 12.2. The molecule has 3 aliphatic rings. The van der Waals surface area contributed by atoms with Crippen molar-refractivity contribution >= 4 is 33.3 Å². The van der Waals surface area contributed by atoms with E-state index >= 15 is 0 Å². The largest absolute Gasteiger partial charge is 0.416 e.